The Balaban J connectivity index is 2.14. The number of nitrogens with one attached hydrogen (secondary N) is 2. The Morgan fingerprint density at radius 1 is 1.39 bits per heavy atom. The second-order valence-electron chi connectivity index (χ2n) is 4.23. The van der Waals surface area contributed by atoms with Gasteiger partial charge >= 0.3 is 0 Å². The van der Waals surface area contributed by atoms with Gasteiger partial charge in [0.15, 0.2) is 0 Å². The Hall–Kier alpha value is -2.07. The maximum Gasteiger partial charge on any atom is 0.234 e. The summed E-state index contributed by atoms with van der Waals surface area (Å²) < 4.78 is 0. The predicted octanol–water partition coefficient (Wildman–Crippen LogP) is 1.47. The number of hydrogen-bond donors (Lipinski definition) is 3. The third-order valence-corrected chi connectivity index (χ3v) is 2.98. The lowest BCUT2D eigenvalue weighted by molar-refractivity contribution is -0.119. The van der Waals surface area contributed by atoms with Crippen molar-refractivity contribution in [3.05, 3.63) is 47.7 Å². The summed E-state index contributed by atoms with van der Waals surface area (Å²) in [5.74, 6) is -0.339. The average molecular weight is 243 g/mol. The molecule has 1 aliphatic rings. The first-order valence-corrected chi connectivity index (χ1v) is 5.90. The molecule has 4 N–H and O–H groups in total. The number of para-hydroxylation sites is 1. The van der Waals surface area contributed by atoms with E-state index in [1.54, 1.807) is 7.05 Å². The van der Waals surface area contributed by atoms with Gasteiger partial charge in [-0.3, -0.25) is 4.79 Å². The fraction of sp³-hybridized carbons (Fsp3) is 0.214. The third-order valence-electron chi connectivity index (χ3n) is 2.98. The van der Waals surface area contributed by atoms with Crippen molar-refractivity contribution in [1.82, 2.24) is 5.32 Å². The van der Waals surface area contributed by atoms with Crippen LogP contribution in [-0.2, 0) is 4.79 Å². The van der Waals surface area contributed by atoms with Crippen molar-refractivity contribution < 1.29 is 4.79 Å². The third kappa shape index (κ3) is 2.78. The monoisotopic (exact) mass is 243 g/mol. The first-order chi connectivity index (χ1) is 8.70. The van der Waals surface area contributed by atoms with E-state index in [1.807, 2.05) is 42.6 Å². The molecule has 0 spiro atoms. The zero-order chi connectivity index (χ0) is 13.0. The van der Waals surface area contributed by atoms with Crippen LogP contribution < -0.4 is 16.4 Å². The van der Waals surface area contributed by atoms with Gasteiger partial charge in [-0.1, -0.05) is 30.4 Å². The van der Waals surface area contributed by atoms with Crippen LogP contribution in [0.1, 0.15) is 12.0 Å². The zero-order valence-electron chi connectivity index (χ0n) is 10.3. The van der Waals surface area contributed by atoms with Gasteiger partial charge in [-0.25, -0.2) is 0 Å². The lowest BCUT2D eigenvalue weighted by Gasteiger charge is -2.12. The van der Waals surface area contributed by atoms with Crippen molar-refractivity contribution in [3.63, 3.8) is 0 Å². The highest BCUT2D eigenvalue weighted by molar-refractivity contribution is 5.80. The standard InChI is InChI=1S/C14H17N3O/c1-16-13(14(15)18)8-10-6-7-11-4-2-3-5-12(11)17-9-10/h2-7,9,13,16-17H,8H2,1H3,(H2,15,18). The van der Waals surface area contributed by atoms with Crippen molar-refractivity contribution in [2.45, 2.75) is 12.5 Å². The molecule has 18 heavy (non-hydrogen) atoms. The summed E-state index contributed by atoms with van der Waals surface area (Å²) in [6.45, 7) is 0. The Bertz CT molecular complexity index is 506. The second kappa shape index (κ2) is 5.51. The van der Waals surface area contributed by atoms with E-state index < -0.39 is 0 Å². The van der Waals surface area contributed by atoms with Crippen LogP contribution in [0.4, 0.5) is 5.69 Å². The van der Waals surface area contributed by atoms with E-state index in [1.165, 1.54) is 0 Å². The van der Waals surface area contributed by atoms with E-state index in [0.717, 1.165) is 16.8 Å². The SMILES string of the molecule is CNC(CC1=CNc2ccccc2C=C1)C(N)=O. The van der Waals surface area contributed by atoms with Gasteiger partial charge in [0, 0.05) is 11.9 Å². The van der Waals surface area contributed by atoms with E-state index in [4.69, 9.17) is 5.73 Å². The minimum absolute atomic E-state index is 0.339. The smallest absolute Gasteiger partial charge is 0.234 e. The first kappa shape index (κ1) is 12.4. The molecule has 1 aromatic carbocycles. The molecule has 4 nitrogen and oxygen atoms in total. The van der Waals surface area contributed by atoms with Gasteiger partial charge in [-0.15, -0.1) is 0 Å². The summed E-state index contributed by atoms with van der Waals surface area (Å²) in [6, 6.07) is 7.69. The highest BCUT2D eigenvalue weighted by Gasteiger charge is 2.14. The zero-order valence-corrected chi connectivity index (χ0v) is 10.3. The predicted molar refractivity (Wildman–Crippen MR) is 73.8 cm³/mol. The normalized spacial score (nSPS) is 15.1. The molecule has 0 bridgehead atoms. The molecule has 1 aromatic rings. The highest BCUT2D eigenvalue weighted by atomic mass is 16.1. The number of primary amides is 1. The highest BCUT2D eigenvalue weighted by Crippen LogP contribution is 2.22. The van der Waals surface area contributed by atoms with E-state index in [9.17, 15) is 4.79 Å². The van der Waals surface area contributed by atoms with Gasteiger partial charge in [0.05, 0.1) is 6.04 Å². The summed E-state index contributed by atoms with van der Waals surface area (Å²) in [4.78, 5) is 11.2. The largest absolute Gasteiger partial charge is 0.368 e. The number of allylic oxidation sites excluding steroid dienone is 1. The maximum absolute atomic E-state index is 11.2. The fourth-order valence-electron chi connectivity index (χ4n) is 1.90. The topological polar surface area (TPSA) is 67.2 Å². The van der Waals surface area contributed by atoms with Crippen LogP contribution in [0.15, 0.2) is 42.1 Å². The Labute approximate surface area is 107 Å². The number of anilines is 1. The van der Waals surface area contributed by atoms with Crippen LogP contribution in [-0.4, -0.2) is 19.0 Å². The number of likely N-dealkylation sites (N-methyl/N-ethyl adjacent to an activating group) is 1. The molecule has 2 rings (SSSR count). The fourth-order valence-corrected chi connectivity index (χ4v) is 1.90. The molecule has 1 amide bonds. The van der Waals surface area contributed by atoms with Crippen LogP contribution in [0.25, 0.3) is 6.08 Å². The van der Waals surface area contributed by atoms with E-state index in [-0.39, 0.29) is 11.9 Å². The van der Waals surface area contributed by atoms with Gasteiger partial charge in [-0.05, 0) is 30.7 Å². The van der Waals surface area contributed by atoms with E-state index in [2.05, 4.69) is 10.6 Å². The molecule has 94 valence electrons. The van der Waals surface area contributed by atoms with Gasteiger partial charge in [-0.2, -0.15) is 0 Å². The van der Waals surface area contributed by atoms with Crippen LogP contribution in [0.3, 0.4) is 0 Å². The van der Waals surface area contributed by atoms with Crippen molar-refractivity contribution in [3.8, 4) is 0 Å². The molecule has 0 fully saturated rings. The molecule has 0 aliphatic carbocycles. The summed E-state index contributed by atoms with van der Waals surface area (Å²) in [5, 5.41) is 6.15. The number of hydrogen-bond acceptors (Lipinski definition) is 3. The van der Waals surface area contributed by atoms with Crippen molar-refractivity contribution in [2.75, 3.05) is 12.4 Å². The van der Waals surface area contributed by atoms with Gasteiger partial charge in [0.1, 0.15) is 0 Å². The van der Waals surface area contributed by atoms with Crippen molar-refractivity contribution >= 4 is 17.7 Å². The van der Waals surface area contributed by atoms with Gasteiger partial charge in [0.2, 0.25) is 5.91 Å². The number of carbonyl (C=O) groups is 1. The van der Waals surface area contributed by atoms with Gasteiger partial charge in [0.25, 0.3) is 0 Å². The first-order valence-electron chi connectivity index (χ1n) is 5.90. The van der Waals surface area contributed by atoms with Crippen LogP contribution in [0.2, 0.25) is 0 Å². The van der Waals surface area contributed by atoms with Crippen molar-refractivity contribution in [2.24, 2.45) is 5.73 Å². The molecular formula is C14H17N3O. The molecule has 1 heterocycles. The second-order valence-corrected chi connectivity index (χ2v) is 4.23. The molecule has 0 aromatic heterocycles. The van der Waals surface area contributed by atoms with E-state index in [0.29, 0.717) is 6.42 Å². The van der Waals surface area contributed by atoms with Crippen molar-refractivity contribution in [1.29, 1.82) is 0 Å². The van der Waals surface area contributed by atoms with Crippen LogP contribution in [0, 0.1) is 0 Å². The maximum atomic E-state index is 11.2. The average Bonchev–Trinajstić information content (AvgIpc) is 2.58. The Kier molecular flexibility index (Phi) is 3.79. The number of fused-ring (bicyclic) bond motifs is 1. The Morgan fingerprint density at radius 3 is 2.89 bits per heavy atom. The molecule has 1 aliphatic heterocycles. The molecule has 0 saturated carbocycles. The summed E-state index contributed by atoms with van der Waals surface area (Å²) in [5.41, 5.74) is 8.53. The molecule has 0 saturated heterocycles. The minimum atomic E-state index is -0.344. The lowest BCUT2D eigenvalue weighted by atomic mass is 10.1. The molecule has 1 unspecified atom stereocenters. The van der Waals surface area contributed by atoms with E-state index >= 15 is 0 Å². The van der Waals surface area contributed by atoms with Crippen LogP contribution in [0.5, 0.6) is 0 Å². The number of carbonyl (C=O) groups excluding carboxylic acids is 1. The molecular weight excluding hydrogens is 226 g/mol. The number of rotatable bonds is 4. The molecule has 0 radical (unpaired) electrons. The number of nitrogens with two attached hydrogens (primary N) is 1. The number of amides is 1. The lowest BCUT2D eigenvalue weighted by Crippen LogP contribution is -2.39. The Morgan fingerprint density at radius 2 is 2.17 bits per heavy atom. The molecule has 4 heteroatoms. The summed E-state index contributed by atoms with van der Waals surface area (Å²) >= 11 is 0. The molecule has 1 atom stereocenters. The quantitative estimate of drug-likeness (QED) is 0.750. The minimum Gasteiger partial charge on any atom is -0.368 e. The number of benzene rings is 1. The summed E-state index contributed by atoms with van der Waals surface area (Å²) in [6.07, 6.45) is 6.53. The van der Waals surface area contributed by atoms with Gasteiger partial charge < -0.3 is 16.4 Å². The van der Waals surface area contributed by atoms with Crippen LogP contribution >= 0.6 is 0 Å². The summed E-state index contributed by atoms with van der Waals surface area (Å²) in [7, 11) is 1.73.